The van der Waals surface area contributed by atoms with Gasteiger partial charge in [-0.25, -0.2) is 13.4 Å². The maximum atomic E-state index is 13.5. The Bertz CT molecular complexity index is 974. The van der Waals surface area contributed by atoms with Crippen LogP contribution in [0, 0.1) is 11.8 Å². The van der Waals surface area contributed by atoms with Gasteiger partial charge in [0, 0.05) is 50.9 Å². The molecule has 2 N–H and O–H groups in total. The molecule has 1 aromatic heterocycles. The molecule has 0 aliphatic carbocycles. The second-order valence-corrected chi connectivity index (χ2v) is 12.0. The number of piperidine rings is 1. The molecular weight excluding hydrogens is 461 g/mol. The number of rotatable bonds is 6. The normalized spacial score (nSPS) is 25.9. The van der Waals surface area contributed by atoms with E-state index in [-0.39, 0.29) is 56.6 Å². The first-order valence-electron chi connectivity index (χ1n) is 9.71. The van der Waals surface area contributed by atoms with Gasteiger partial charge in [-0.3, -0.25) is 0 Å². The molecule has 0 saturated carbocycles. The first-order valence-corrected chi connectivity index (χ1v) is 12.9. The highest BCUT2D eigenvalue weighted by atomic mass is 32.2. The van der Waals surface area contributed by atoms with Crippen molar-refractivity contribution in [2.45, 2.75) is 19.1 Å². The smallest absolute Gasteiger partial charge is 0.393 e. The summed E-state index contributed by atoms with van der Waals surface area (Å²) in [4.78, 5) is 4.00. The van der Waals surface area contributed by atoms with Gasteiger partial charge in [-0.15, -0.1) is 0 Å². The molecule has 0 aromatic carbocycles. The fourth-order valence-electron chi connectivity index (χ4n) is 3.66. The molecule has 31 heavy (non-hydrogen) atoms. The molecule has 0 unspecified atom stereocenters. The van der Waals surface area contributed by atoms with Crippen LogP contribution in [-0.4, -0.2) is 80.9 Å². The van der Waals surface area contributed by atoms with Gasteiger partial charge in [0.2, 0.25) is 5.88 Å². The lowest BCUT2D eigenvalue weighted by Gasteiger charge is -2.40. The molecule has 3 heterocycles. The Morgan fingerprint density at radius 1 is 1.19 bits per heavy atom. The van der Waals surface area contributed by atoms with E-state index in [0.717, 1.165) is 14.2 Å². The van der Waals surface area contributed by atoms with Crippen molar-refractivity contribution in [3.8, 4) is 5.88 Å². The number of halogens is 3. The lowest BCUT2D eigenvalue weighted by molar-refractivity contribution is -0.188. The topological polar surface area (TPSA) is 123 Å². The Hall–Kier alpha value is -1.48. The summed E-state index contributed by atoms with van der Waals surface area (Å²) in [6.07, 6.45) is -3.38. The zero-order valence-corrected chi connectivity index (χ0v) is 18.3. The number of sulfone groups is 1. The number of pyridine rings is 1. The maximum absolute atomic E-state index is 13.5. The largest absolute Gasteiger partial charge is 0.477 e. The number of alkyl halides is 3. The maximum Gasteiger partial charge on any atom is 0.393 e. The molecular formula is C17H25F3N4O5S2. The third-order valence-corrected chi connectivity index (χ3v) is 9.00. The number of aromatic nitrogens is 1. The molecule has 9 nitrogen and oxygen atoms in total. The van der Waals surface area contributed by atoms with Crippen LogP contribution in [0.3, 0.4) is 0 Å². The van der Waals surface area contributed by atoms with Crippen molar-refractivity contribution in [2.75, 3.05) is 44.3 Å². The van der Waals surface area contributed by atoms with Crippen molar-refractivity contribution >= 4 is 20.0 Å². The first-order chi connectivity index (χ1) is 14.4. The summed E-state index contributed by atoms with van der Waals surface area (Å²) in [5.74, 6) is -3.06. The van der Waals surface area contributed by atoms with Crippen molar-refractivity contribution in [3.63, 3.8) is 0 Å². The van der Waals surface area contributed by atoms with E-state index in [0.29, 0.717) is 0 Å². The van der Waals surface area contributed by atoms with Gasteiger partial charge >= 0.3 is 6.18 Å². The van der Waals surface area contributed by atoms with Crippen molar-refractivity contribution in [2.24, 2.45) is 17.6 Å². The Morgan fingerprint density at radius 2 is 1.87 bits per heavy atom. The van der Waals surface area contributed by atoms with Gasteiger partial charge in [-0.1, -0.05) is 0 Å². The predicted molar refractivity (Wildman–Crippen MR) is 106 cm³/mol. The Morgan fingerprint density at radius 3 is 2.48 bits per heavy atom. The number of hydrogen-bond donors (Lipinski definition) is 1. The van der Waals surface area contributed by atoms with Crippen molar-refractivity contribution in [3.05, 3.63) is 23.9 Å². The second-order valence-electron chi connectivity index (χ2n) is 7.73. The standard InChI is InChI=1S/C17H25F3N4O5S2/c18-17(19,20)15-7-14(12-29-16-8-13(9-21)1-2-22-16)10-24(11-15)31(27,28)23-3-5-30(25,26)6-4-23/h1-2,8,14-15H,3-7,9-12,21H2/t14-,15-/m0/s1. The van der Waals surface area contributed by atoms with E-state index in [1.54, 1.807) is 12.1 Å². The summed E-state index contributed by atoms with van der Waals surface area (Å²) < 4.78 is 96.8. The number of ether oxygens (including phenoxy) is 1. The molecule has 0 radical (unpaired) electrons. The summed E-state index contributed by atoms with van der Waals surface area (Å²) in [6.45, 7) is -1.30. The van der Waals surface area contributed by atoms with Crippen LogP contribution in [0.2, 0.25) is 0 Å². The van der Waals surface area contributed by atoms with Crippen LogP contribution >= 0.6 is 0 Å². The van der Waals surface area contributed by atoms with E-state index in [9.17, 15) is 30.0 Å². The molecule has 3 rings (SSSR count). The summed E-state index contributed by atoms with van der Waals surface area (Å²) >= 11 is 0. The lowest BCUT2D eigenvalue weighted by Crippen LogP contribution is -2.55. The van der Waals surface area contributed by atoms with Crippen LogP contribution in [0.5, 0.6) is 5.88 Å². The highest BCUT2D eigenvalue weighted by Gasteiger charge is 2.48. The quantitative estimate of drug-likeness (QED) is 0.617. The summed E-state index contributed by atoms with van der Waals surface area (Å²) in [6, 6.07) is 3.26. The van der Waals surface area contributed by atoms with E-state index in [1.807, 2.05) is 0 Å². The van der Waals surface area contributed by atoms with Crippen LogP contribution < -0.4 is 10.5 Å². The molecule has 2 aliphatic rings. The zero-order chi connectivity index (χ0) is 22.9. The fourth-order valence-corrected chi connectivity index (χ4v) is 6.83. The van der Waals surface area contributed by atoms with Crippen LogP contribution in [-0.2, 0) is 26.6 Å². The van der Waals surface area contributed by atoms with Gasteiger partial charge in [-0.05, 0) is 18.1 Å². The van der Waals surface area contributed by atoms with Crippen LogP contribution in [0.4, 0.5) is 13.2 Å². The van der Waals surface area contributed by atoms with Crippen molar-refractivity contribution in [1.29, 1.82) is 0 Å². The Balaban J connectivity index is 1.74. The van der Waals surface area contributed by atoms with Crippen molar-refractivity contribution < 1.29 is 34.7 Å². The molecule has 14 heteroatoms. The average molecular weight is 487 g/mol. The number of nitrogens with two attached hydrogens (primary N) is 1. The predicted octanol–water partition coefficient (Wildman–Crippen LogP) is 0.395. The second kappa shape index (κ2) is 9.17. The van der Waals surface area contributed by atoms with Gasteiger partial charge in [0.05, 0.1) is 24.0 Å². The SMILES string of the molecule is NCc1ccnc(OC[C@H]2C[C@H](C(F)(F)F)CN(S(=O)(=O)N3CCS(=O)(=O)CC3)C2)c1. The molecule has 0 amide bonds. The number of hydrogen-bond acceptors (Lipinski definition) is 7. The molecule has 176 valence electrons. The third-order valence-electron chi connectivity index (χ3n) is 5.42. The van der Waals surface area contributed by atoms with Gasteiger partial charge < -0.3 is 10.5 Å². The van der Waals surface area contributed by atoms with Gasteiger partial charge in [-0.2, -0.15) is 30.2 Å². The Labute approximate surface area is 179 Å². The monoisotopic (exact) mass is 486 g/mol. The van der Waals surface area contributed by atoms with Gasteiger partial charge in [0.15, 0.2) is 9.84 Å². The molecule has 2 fully saturated rings. The highest BCUT2D eigenvalue weighted by molar-refractivity contribution is 7.91. The minimum absolute atomic E-state index is 0.145. The van der Waals surface area contributed by atoms with Crippen LogP contribution in [0.25, 0.3) is 0 Å². The molecule has 1 aromatic rings. The lowest BCUT2D eigenvalue weighted by atomic mass is 9.90. The van der Waals surface area contributed by atoms with Crippen LogP contribution in [0.1, 0.15) is 12.0 Å². The average Bonchev–Trinajstić information content (AvgIpc) is 2.71. The van der Waals surface area contributed by atoms with Gasteiger partial charge in [0.1, 0.15) is 0 Å². The fraction of sp³-hybridized carbons (Fsp3) is 0.706. The zero-order valence-electron chi connectivity index (χ0n) is 16.7. The molecule has 0 bridgehead atoms. The molecule has 2 saturated heterocycles. The van der Waals surface area contributed by atoms with E-state index in [2.05, 4.69) is 4.98 Å². The third kappa shape index (κ3) is 6.06. The first kappa shape index (κ1) is 24.2. The summed E-state index contributed by atoms with van der Waals surface area (Å²) in [5.41, 5.74) is 6.30. The van der Waals surface area contributed by atoms with E-state index >= 15 is 0 Å². The highest BCUT2D eigenvalue weighted by Crippen LogP contribution is 2.37. The van der Waals surface area contributed by atoms with E-state index in [1.165, 1.54) is 6.20 Å². The van der Waals surface area contributed by atoms with Gasteiger partial charge in [0.25, 0.3) is 10.2 Å². The Kier molecular flexibility index (Phi) is 7.15. The molecule has 0 spiro atoms. The van der Waals surface area contributed by atoms with E-state index in [4.69, 9.17) is 10.5 Å². The number of nitrogens with zero attached hydrogens (tertiary/aromatic N) is 3. The van der Waals surface area contributed by atoms with Crippen LogP contribution in [0.15, 0.2) is 18.3 Å². The van der Waals surface area contributed by atoms with E-state index < -0.39 is 44.6 Å². The summed E-state index contributed by atoms with van der Waals surface area (Å²) in [5, 5.41) is 0. The molecule has 2 aliphatic heterocycles. The van der Waals surface area contributed by atoms with Crippen molar-refractivity contribution in [1.82, 2.24) is 13.6 Å². The summed E-state index contributed by atoms with van der Waals surface area (Å²) in [7, 11) is -7.58. The minimum atomic E-state index is -4.57. The molecule has 2 atom stereocenters. The minimum Gasteiger partial charge on any atom is -0.477 e.